The molecule has 0 aliphatic heterocycles. The third-order valence-corrected chi connectivity index (χ3v) is 5.93. The van der Waals surface area contributed by atoms with Gasteiger partial charge >= 0.3 is 0 Å². The second-order valence-corrected chi connectivity index (χ2v) is 8.57. The smallest absolute Gasteiger partial charge is 0.236 e. The third kappa shape index (κ3) is 7.11. The van der Waals surface area contributed by atoms with E-state index in [1.807, 2.05) is 67.8 Å². The molecule has 31 heavy (non-hydrogen) atoms. The maximum absolute atomic E-state index is 12.3. The highest BCUT2D eigenvalue weighted by molar-refractivity contribution is 8.00. The molecule has 1 heterocycles. The van der Waals surface area contributed by atoms with Crippen LogP contribution in [0.3, 0.4) is 0 Å². The van der Waals surface area contributed by atoms with Crippen LogP contribution in [0, 0.1) is 0 Å². The number of anilines is 2. The SMILES string of the molecule is CCCC(=O)Nc1cccc(SCC(=O)Nc2nc(-c3ccc(OCC)cc3)cs2)c1. The maximum atomic E-state index is 12.3. The van der Waals surface area contributed by atoms with Crippen molar-refractivity contribution < 1.29 is 14.3 Å². The lowest BCUT2D eigenvalue weighted by molar-refractivity contribution is -0.116. The number of rotatable bonds is 10. The van der Waals surface area contributed by atoms with Gasteiger partial charge in [0.2, 0.25) is 11.8 Å². The Balaban J connectivity index is 1.52. The lowest BCUT2D eigenvalue weighted by Crippen LogP contribution is -2.14. The topological polar surface area (TPSA) is 80.3 Å². The Bertz CT molecular complexity index is 1020. The van der Waals surface area contributed by atoms with Crippen LogP contribution in [-0.4, -0.2) is 29.2 Å². The number of ether oxygens (including phenoxy) is 1. The van der Waals surface area contributed by atoms with E-state index < -0.39 is 0 Å². The number of carbonyl (C=O) groups is 2. The minimum atomic E-state index is -0.127. The van der Waals surface area contributed by atoms with E-state index in [-0.39, 0.29) is 17.6 Å². The van der Waals surface area contributed by atoms with Crippen molar-refractivity contribution in [3.8, 4) is 17.0 Å². The van der Waals surface area contributed by atoms with Crippen molar-refractivity contribution in [3.63, 3.8) is 0 Å². The van der Waals surface area contributed by atoms with E-state index >= 15 is 0 Å². The monoisotopic (exact) mass is 455 g/mol. The second-order valence-electron chi connectivity index (χ2n) is 6.66. The van der Waals surface area contributed by atoms with Crippen molar-refractivity contribution in [1.82, 2.24) is 4.98 Å². The van der Waals surface area contributed by atoms with E-state index in [1.165, 1.54) is 23.1 Å². The van der Waals surface area contributed by atoms with Crippen molar-refractivity contribution in [2.24, 2.45) is 0 Å². The highest BCUT2D eigenvalue weighted by Crippen LogP contribution is 2.27. The lowest BCUT2D eigenvalue weighted by Gasteiger charge is -2.07. The molecule has 0 saturated carbocycles. The van der Waals surface area contributed by atoms with Crippen molar-refractivity contribution in [1.29, 1.82) is 0 Å². The quantitative estimate of drug-likeness (QED) is 0.385. The number of thiazole rings is 1. The molecule has 0 saturated heterocycles. The average molecular weight is 456 g/mol. The van der Waals surface area contributed by atoms with Gasteiger partial charge in [0.05, 0.1) is 18.1 Å². The van der Waals surface area contributed by atoms with Crippen molar-refractivity contribution >= 4 is 45.7 Å². The van der Waals surface area contributed by atoms with Crippen LogP contribution in [0.15, 0.2) is 58.8 Å². The van der Waals surface area contributed by atoms with Crippen molar-refractivity contribution in [3.05, 3.63) is 53.9 Å². The summed E-state index contributed by atoms with van der Waals surface area (Å²) >= 11 is 2.80. The standard InChI is InChI=1S/C23H25N3O3S2/c1-3-6-21(27)24-17-7-5-8-19(13-17)30-15-22(28)26-23-25-20(14-31-23)16-9-11-18(12-10-16)29-4-2/h5,7-14H,3-4,6,15H2,1-2H3,(H,24,27)(H,25,26,28). The summed E-state index contributed by atoms with van der Waals surface area (Å²) < 4.78 is 5.46. The van der Waals surface area contributed by atoms with Crippen molar-refractivity contribution in [2.45, 2.75) is 31.6 Å². The van der Waals surface area contributed by atoms with Gasteiger partial charge < -0.3 is 15.4 Å². The van der Waals surface area contributed by atoms with E-state index in [9.17, 15) is 9.59 Å². The Morgan fingerprint density at radius 3 is 2.61 bits per heavy atom. The first-order chi connectivity index (χ1) is 15.1. The molecule has 3 aromatic rings. The number of thioether (sulfide) groups is 1. The van der Waals surface area contributed by atoms with E-state index in [4.69, 9.17) is 4.74 Å². The van der Waals surface area contributed by atoms with E-state index in [0.29, 0.717) is 18.2 Å². The molecule has 162 valence electrons. The summed E-state index contributed by atoms with van der Waals surface area (Å²) in [5.74, 6) is 0.943. The van der Waals surface area contributed by atoms with Gasteiger partial charge in [-0.05, 0) is 55.8 Å². The zero-order valence-corrected chi connectivity index (χ0v) is 19.1. The highest BCUT2D eigenvalue weighted by atomic mass is 32.2. The van der Waals surface area contributed by atoms with Gasteiger partial charge in [0.15, 0.2) is 5.13 Å². The molecule has 3 rings (SSSR count). The largest absolute Gasteiger partial charge is 0.494 e. The predicted octanol–water partition coefficient (Wildman–Crippen LogP) is 5.68. The molecule has 0 atom stereocenters. The molecular weight excluding hydrogens is 430 g/mol. The van der Waals surface area contributed by atoms with Crippen LogP contribution in [0.1, 0.15) is 26.7 Å². The van der Waals surface area contributed by atoms with Crippen LogP contribution >= 0.6 is 23.1 Å². The molecule has 1 aromatic heterocycles. The predicted molar refractivity (Wildman–Crippen MR) is 128 cm³/mol. The number of nitrogens with one attached hydrogen (secondary N) is 2. The van der Waals surface area contributed by atoms with E-state index in [0.717, 1.165) is 34.0 Å². The molecule has 2 N–H and O–H groups in total. The molecule has 0 spiro atoms. The Hall–Kier alpha value is -2.84. The molecule has 6 nitrogen and oxygen atoms in total. The van der Waals surface area contributed by atoms with Gasteiger partial charge in [-0.2, -0.15) is 0 Å². The first-order valence-corrected chi connectivity index (χ1v) is 11.9. The zero-order valence-electron chi connectivity index (χ0n) is 17.5. The fourth-order valence-corrected chi connectivity index (χ4v) is 4.26. The summed E-state index contributed by atoms with van der Waals surface area (Å²) in [6.07, 6.45) is 1.30. The Kier molecular flexibility index (Phi) is 8.49. The number of benzene rings is 2. The fourth-order valence-electron chi connectivity index (χ4n) is 2.77. The number of hydrogen-bond donors (Lipinski definition) is 2. The maximum Gasteiger partial charge on any atom is 0.236 e. The molecular formula is C23H25N3O3S2. The van der Waals surface area contributed by atoms with Gasteiger partial charge in [-0.15, -0.1) is 23.1 Å². The highest BCUT2D eigenvalue weighted by Gasteiger charge is 2.10. The molecule has 8 heteroatoms. The minimum absolute atomic E-state index is 0.00510. The minimum Gasteiger partial charge on any atom is -0.494 e. The number of aromatic nitrogens is 1. The summed E-state index contributed by atoms with van der Waals surface area (Å²) in [6, 6.07) is 15.2. The Morgan fingerprint density at radius 2 is 1.87 bits per heavy atom. The zero-order chi connectivity index (χ0) is 22.1. The molecule has 0 aliphatic carbocycles. The molecule has 0 unspecified atom stereocenters. The number of amides is 2. The van der Waals surface area contributed by atoms with Gasteiger partial charge in [0.25, 0.3) is 0 Å². The molecule has 0 bridgehead atoms. The summed E-state index contributed by atoms with van der Waals surface area (Å²) in [4.78, 5) is 29.5. The fraction of sp³-hybridized carbons (Fsp3) is 0.261. The molecule has 0 aliphatic rings. The van der Waals surface area contributed by atoms with Gasteiger partial charge in [0.1, 0.15) is 5.75 Å². The van der Waals surface area contributed by atoms with Gasteiger partial charge in [-0.3, -0.25) is 9.59 Å². The average Bonchev–Trinajstić information content (AvgIpc) is 3.22. The lowest BCUT2D eigenvalue weighted by atomic mass is 10.2. The second kappa shape index (κ2) is 11.5. The van der Waals surface area contributed by atoms with Crippen LogP contribution in [0.2, 0.25) is 0 Å². The van der Waals surface area contributed by atoms with Gasteiger partial charge in [-0.1, -0.05) is 13.0 Å². The van der Waals surface area contributed by atoms with Gasteiger partial charge in [-0.25, -0.2) is 4.98 Å². The number of carbonyl (C=O) groups excluding carboxylic acids is 2. The molecule has 0 fully saturated rings. The number of nitrogens with zero attached hydrogens (tertiary/aromatic N) is 1. The Morgan fingerprint density at radius 1 is 1.06 bits per heavy atom. The van der Waals surface area contributed by atoms with Crippen LogP contribution < -0.4 is 15.4 Å². The van der Waals surface area contributed by atoms with Crippen LogP contribution in [0.4, 0.5) is 10.8 Å². The van der Waals surface area contributed by atoms with Crippen LogP contribution in [0.25, 0.3) is 11.3 Å². The van der Waals surface area contributed by atoms with Crippen LogP contribution in [-0.2, 0) is 9.59 Å². The normalized spacial score (nSPS) is 10.5. The molecule has 2 aromatic carbocycles. The summed E-state index contributed by atoms with van der Waals surface area (Å²) in [6.45, 7) is 4.54. The van der Waals surface area contributed by atoms with Crippen LogP contribution in [0.5, 0.6) is 5.75 Å². The first-order valence-electron chi connectivity index (χ1n) is 10.1. The molecule has 0 radical (unpaired) electrons. The van der Waals surface area contributed by atoms with E-state index in [2.05, 4.69) is 15.6 Å². The number of hydrogen-bond acceptors (Lipinski definition) is 6. The third-order valence-electron chi connectivity index (χ3n) is 4.18. The first kappa shape index (κ1) is 22.8. The van der Waals surface area contributed by atoms with E-state index in [1.54, 1.807) is 0 Å². The molecule has 2 amide bonds. The van der Waals surface area contributed by atoms with Gasteiger partial charge in [0, 0.05) is 27.9 Å². The summed E-state index contributed by atoms with van der Waals surface area (Å²) in [7, 11) is 0. The van der Waals surface area contributed by atoms with Crippen molar-refractivity contribution in [2.75, 3.05) is 23.0 Å². The summed E-state index contributed by atoms with van der Waals surface area (Å²) in [5, 5.41) is 8.20. The summed E-state index contributed by atoms with van der Waals surface area (Å²) in [5.41, 5.74) is 2.52. The Labute approximate surface area is 190 Å².